The third-order valence-corrected chi connectivity index (χ3v) is 5.35. The first-order valence-electron chi connectivity index (χ1n) is 6.68. The number of hydrogen-bond acceptors (Lipinski definition) is 3. The molecule has 0 aromatic carbocycles. The lowest BCUT2D eigenvalue weighted by Crippen LogP contribution is -2.44. The summed E-state index contributed by atoms with van der Waals surface area (Å²) >= 11 is 0. The van der Waals surface area contributed by atoms with E-state index in [1.165, 1.54) is 0 Å². The summed E-state index contributed by atoms with van der Waals surface area (Å²) < 4.78 is 26.0. The van der Waals surface area contributed by atoms with E-state index in [-0.39, 0.29) is 24.6 Å². The highest BCUT2D eigenvalue weighted by Gasteiger charge is 2.31. The predicted molar refractivity (Wildman–Crippen MR) is 69.9 cm³/mol. The number of nitrogens with zero attached hydrogens (tertiary/aromatic N) is 1. The van der Waals surface area contributed by atoms with Crippen molar-refractivity contribution in [2.45, 2.75) is 57.9 Å². The van der Waals surface area contributed by atoms with Crippen LogP contribution in [0, 0.1) is 0 Å². The Bertz CT molecular complexity index is 364. The molecule has 0 bridgehead atoms. The maximum absolute atomic E-state index is 12.2. The summed E-state index contributed by atoms with van der Waals surface area (Å²) in [5.74, 6) is -0.978. The van der Waals surface area contributed by atoms with Crippen LogP contribution in [0.2, 0.25) is 0 Å². The van der Waals surface area contributed by atoms with Crippen LogP contribution in [0.1, 0.15) is 51.9 Å². The molecule has 1 N–H and O–H groups in total. The van der Waals surface area contributed by atoms with Gasteiger partial charge in [0, 0.05) is 19.0 Å². The van der Waals surface area contributed by atoms with Gasteiger partial charge in [-0.05, 0) is 25.7 Å². The van der Waals surface area contributed by atoms with Crippen LogP contribution < -0.4 is 0 Å². The van der Waals surface area contributed by atoms with E-state index in [9.17, 15) is 13.2 Å². The smallest absolute Gasteiger partial charge is 0.303 e. The van der Waals surface area contributed by atoms with Crippen molar-refractivity contribution in [2.75, 3.05) is 12.3 Å². The van der Waals surface area contributed by atoms with Crippen molar-refractivity contribution in [1.29, 1.82) is 0 Å². The zero-order valence-electron chi connectivity index (χ0n) is 11.0. The normalized spacial score (nSPS) is 21.9. The zero-order chi connectivity index (χ0) is 13.6. The summed E-state index contributed by atoms with van der Waals surface area (Å²) in [6, 6.07) is 0.124. The van der Waals surface area contributed by atoms with Crippen molar-refractivity contribution in [1.82, 2.24) is 4.31 Å². The minimum atomic E-state index is -3.28. The molecule has 18 heavy (non-hydrogen) atoms. The number of piperidine rings is 1. The fourth-order valence-electron chi connectivity index (χ4n) is 2.48. The van der Waals surface area contributed by atoms with Gasteiger partial charge in [-0.2, -0.15) is 4.31 Å². The minimum absolute atomic E-state index is 0.0421. The van der Waals surface area contributed by atoms with E-state index in [1.54, 1.807) is 4.31 Å². The number of sulfonamides is 1. The third kappa shape index (κ3) is 4.57. The second-order valence-corrected chi connectivity index (χ2v) is 6.90. The third-order valence-electron chi connectivity index (χ3n) is 3.35. The van der Waals surface area contributed by atoms with Gasteiger partial charge >= 0.3 is 5.97 Å². The number of carboxylic acids is 1. The lowest BCUT2D eigenvalue weighted by molar-refractivity contribution is -0.137. The van der Waals surface area contributed by atoms with Crippen molar-refractivity contribution in [2.24, 2.45) is 0 Å². The second kappa shape index (κ2) is 7.09. The van der Waals surface area contributed by atoms with E-state index < -0.39 is 16.0 Å². The first-order chi connectivity index (χ1) is 8.47. The molecule has 1 aliphatic heterocycles. The SMILES string of the molecule is CCCC1CCCCN1S(=O)(=O)CCCC(=O)O. The molecule has 0 amide bonds. The zero-order valence-corrected chi connectivity index (χ0v) is 11.8. The maximum Gasteiger partial charge on any atom is 0.303 e. The largest absolute Gasteiger partial charge is 0.481 e. The number of hydrogen-bond donors (Lipinski definition) is 1. The topological polar surface area (TPSA) is 74.7 Å². The summed E-state index contributed by atoms with van der Waals surface area (Å²) in [6.07, 6.45) is 4.94. The van der Waals surface area contributed by atoms with E-state index in [4.69, 9.17) is 5.11 Å². The Hall–Kier alpha value is -0.620. The van der Waals surface area contributed by atoms with Gasteiger partial charge in [-0.1, -0.05) is 19.8 Å². The fourth-order valence-corrected chi connectivity index (χ4v) is 4.30. The highest BCUT2D eigenvalue weighted by molar-refractivity contribution is 7.89. The van der Waals surface area contributed by atoms with Gasteiger partial charge in [0.1, 0.15) is 0 Å². The molecule has 1 unspecified atom stereocenters. The molecule has 1 fully saturated rings. The van der Waals surface area contributed by atoms with Gasteiger partial charge in [0.2, 0.25) is 10.0 Å². The molecule has 0 saturated carbocycles. The summed E-state index contributed by atoms with van der Waals surface area (Å²) in [7, 11) is -3.28. The van der Waals surface area contributed by atoms with Gasteiger partial charge in [0.05, 0.1) is 5.75 Å². The Morgan fingerprint density at radius 3 is 2.72 bits per heavy atom. The van der Waals surface area contributed by atoms with Crippen molar-refractivity contribution >= 4 is 16.0 Å². The van der Waals surface area contributed by atoms with Gasteiger partial charge in [0.25, 0.3) is 0 Å². The quantitative estimate of drug-likeness (QED) is 0.770. The van der Waals surface area contributed by atoms with Crippen LogP contribution >= 0.6 is 0 Å². The van der Waals surface area contributed by atoms with Crippen molar-refractivity contribution in [3.8, 4) is 0 Å². The van der Waals surface area contributed by atoms with Crippen molar-refractivity contribution in [3.63, 3.8) is 0 Å². The molecule has 1 aliphatic rings. The van der Waals surface area contributed by atoms with Crippen molar-refractivity contribution in [3.05, 3.63) is 0 Å². The highest BCUT2D eigenvalue weighted by atomic mass is 32.2. The average molecular weight is 277 g/mol. The molecule has 1 heterocycles. The molecule has 5 nitrogen and oxygen atoms in total. The summed E-state index contributed by atoms with van der Waals surface area (Å²) in [4.78, 5) is 10.4. The molecule has 0 aromatic rings. The number of carbonyl (C=O) groups is 1. The second-order valence-electron chi connectivity index (χ2n) is 4.86. The lowest BCUT2D eigenvalue weighted by atomic mass is 10.0. The molecule has 1 saturated heterocycles. The van der Waals surface area contributed by atoms with Gasteiger partial charge in [-0.25, -0.2) is 8.42 Å². The maximum atomic E-state index is 12.2. The molecule has 106 valence electrons. The van der Waals surface area contributed by atoms with E-state index in [2.05, 4.69) is 6.92 Å². The van der Waals surface area contributed by atoms with Crippen LogP contribution in [-0.2, 0) is 14.8 Å². The molecular weight excluding hydrogens is 254 g/mol. The Morgan fingerprint density at radius 2 is 2.11 bits per heavy atom. The van der Waals surface area contributed by atoms with E-state index >= 15 is 0 Å². The molecule has 0 aliphatic carbocycles. The highest BCUT2D eigenvalue weighted by Crippen LogP contribution is 2.24. The molecule has 0 radical (unpaired) electrons. The number of carboxylic acid groups (broad SMARTS) is 1. The monoisotopic (exact) mass is 277 g/mol. The van der Waals surface area contributed by atoms with Crippen LogP contribution in [0.15, 0.2) is 0 Å². The number of aliphatic carboxylic acids is 1. The lowest BCUT2D eigenvalue weighted by Gasteiger charge is -2.34. The predicted octanol–water partition coefficient (Wildman–Crippen LogP) is 1.84. The van der Waals surface area contributed by atoms with Gasteiger partial charge in [-0.3, -0.25) is 4.79 Å². The molecule has 1 rings (SSSR count). The van der Waals surface area contributed by atoms with Crippen molar-refractivity contribution < 1.29 is 18.3 Å². The summed E-state index contributed by atoms with van der Waals surface area (Å²) in [6.45, 7) is 2.66. The summed E-state index contributed by atoms with van der Waals surface area (Å²) in [5.41, 5.74) is 0. The Morgan fingerprint density at radius 1 is 1.39 bits per heavy atom. The van der Waals surface area contributed by atoms with E-state index in [0.29, 0.717) is 6.54 Å². The molecule has 0 aromatic heterocycles. The molecule has 1 atom stereocenters. The van der Waals surface area contributed by atoms with Crippen LogP contribution in [0.5, 0.6) is 0 Å². The first-order valence-corrected chi connectivity index (χ1v) is 8.29. The van der Waals surface area contributed by atoms with Gasteiger partial charge in [0.15, 0.2) is 0 Å². The standard InChI is InChI=1S/C12H23NO4S/c1-2-6-11-7-3-4-9-13(11)18(16,17)10-5-8-12(14)15/h11H,2-10H2,1H3,(H,14,15). The molecule has 0 spiro atoms. The van der Waals surface area contributed by atoms with E-state index in [1.807, 2.05) is 0 Å². The molecule has 6 heteroatoms. The van der Waals surface area contributed by atoms with Crippen LogP contribution in [0.3, 0.4) is 0 Å². The van der Waals surface area contributed by atoms with Crippen LogP contribution in [0.25, 0.3) is 0 Å². The van der Waals surface area contributed by atoms with Gasteiger partial charge < -0.3 is 5.11 Å². The number of rotatable bonds is 7. The molecular formula is C12H23NO4S. The first kappa shape index (κ1) is 15.4. The Balaban J connectivity index is 2.59. The van der Waals surface area contributed by atoms with E-state index in [0.717, 1.165) is 32.1 Å². The fraction of sp³-hybridized carbons (Fsp3) is 0.917. The Kier molecular flexibility index (Phi) is 6.08. The average Bonchev–Trinajstić information content (AvgIpc) is 2.29. The van der Waals surface area contributed by atoms with Crippen LogP contribution in [0.4, 0.5) is 0 Å². The van der Waals surface area contributed by atoms with Gasteiger partial charge in [-0.15, -0.1) is 0 Å². The Labute approximate surface area is 109 Å². The summed E-state index contributed by atoms with van der Waals surface area (Å²) in [5, 5.41) is 8.55. The minimum Gasteiger partial charge on any atom is -0.481 e. The van der Waals surface area contributed by atoms with Crippen LogP contribution in [-0.4, -0.2) is 42.1 Å².